The molecule has 0 saturated carbocycles. The maximum atomic E-state index is 5.95. The van der Waals surface area contributed by atoms with Crippen LogP contribution in [0.25, 0.3) is 6.08 Å². The van der Waals surface area contributed by atoms with Gasteiger partial charge in [0, 0.05) is 10.7 Å². The van der Waals surface area contributed by atoms with E-state index < -0.39 is 0 Å². The van der Waals surface area contributed by atoms with Crippen LogP contribution in [0.2, 0.25) is 5.02 Å². The van der Waals surface area contributed by atoms with Gasteiger partial charge < -0.3 is 4.90 Å². The molecule has 2 aromatic carbocycles. The highest BCUT2D eigenvalue weighted by Crippen LogP contribution is 2.34. The van der Waals surface area contributed by atoms with Gasteiger partial charge in [-0.25, -0.2) is 0 Å². The van der Waals surface area contributed by atoms with Gasteiger partial charge in [-0.3, -0.25) is 4.99 Å². The zero-order chi connectivity index (χ0) is 13.5. The van der Waals surface area contributed by atoms with E-state index in [1.807, 2.05) is 12.1 Å². The molecule has 0 N–H and O–H groups in total. The molecule has 0 fully saturated rings. The number of anilines is 1. The van der Waals surface area contributed by atoms with Crippen molar-refractivity contribution < 1.29 is 0 Å². The summed E-state index contributed by atoms with van der Waals surface area (Å²) in [5, 5.41) is 0.766. The molecule has 0 saturated heterocycles. The van der Waals surface area contributed by atoms with Gasteiger partial charge in [0.2, 0.25) is 0 Å². The molecule has 2 nitrogen and oxygen atoms in total. The van der Waals surface area contributed by atoms with Crippen LogP contribution in [-0.4, -0.2) is 12.4 Å². The van der Waals surface area contributed by atoms with Crippen LogP contribution in [-0.2, 0) is 0 Å². The third-order valence-corrected chi connectivity index (χ3v) is 4.07. The quantitative estimate of drug-likeness (QED) is 0.705. The Morgan fingerprint density at radius 1 is 1.00 bits per heavy atom. The minimum absolute atomic E-state index is 0. The second kappa shape index (κ2) is 5.66. The Bertz CT molecular complexity index is 722. The molecule has 1 atom stereocenters. The number of fused-ring (bicyclic) bond motifs is 3. The number of halogens is 2. The molecule has 0 aliphatic carbocycles. The van der Waals surface area contributed by atoms with E-state index in [2.05, 4.69) is 53.5 Å². The summed E-state index contributed by atoms with van der Waals surface area (Å²) in [7, 11) is 0. The van der Waals surface area contributed by atoms with Gasteiger partial charge in [-0.15, -0.1) is 17.0 Å². The first-order chi connectivity index (χ1) is 9.81. The van der Waals surface area contributed by atoms with Crippen LogP contribution in [0, 0.1) is 0 Å². The molecule has 0 spiro atoms. The average Bonchev–Trinajstić information content (AvgIpc) is 2.92. The van der Waals surface area contributed by atoms with Gasteiger partial charge in [0.05, 0.1) is 12.6 Å². The van der Waals surface area contributed by atoms with Gasteiger partial charge >= 0.3 is 0 Å². The molecule has 106 valence electrons. The third-order valence-electron chi connectivity index (χ3n) is 3.81. The van der Waals surface area contributed by atoms with Crippen molar-refractivity contribution in [2.24, 2.45) is 4.99 Å². The van der Waals surface area contributed by atoms with E-state index in [-0.39, 0.29) is 23.0 Å². The lowest BCUT2D eigenvalue weighted by Gasteiger charge is -2.24. The van der Waals surface area contributed by atoms with Gasteiger partial charge in [0.15, 0.2) is 0 Å². The minimum atomic E-state index is 0. The van der Waals surface area contributed by atoms with E-state index in [0.29, 0.717) is 0 Å². The van der Waals surface area contributed by atoms with E-state index in [0.717, 1.165) is 17.4 Å². The highest BCUT2D eigenvalue weighted by Gasteiger charge is 2.28. The SMILES string of the molecule is Br.Clc1ccc(C2CN3C(=N2)C=Cc2ccccc23)cc1. The molecule has 0 bridgehead atoms. The largest absolute Gasteiger partial charge is 0.324 e. The number of nitrogens with zero attached hydrogens (tertiary/aromatic N) is 2. The molecular weight excluding hydrogens is 348 g/mol. The lowest BCUT2D eigenvalue weighted by molar-refractivity contribution is 0.780. The van der Waals surface area contributed by atoms with Crippen LogP contribution in [0.5, 0.6) is 0 Å². The highest BCUT2D eigenvalue weighted by atomic mass is 79.9. The zero-order valence-electron chi connectivity index (χ0n) is 11.2. The summed E-state index contributed by atoms with van der Waals surface area (Å²) >= 11 is 5.95. The van der Waals surface area contributed by atoms with E-state index in [9.17, 15) is 0 Å². The predicted octanol–water partition coefficient (Wildman–Crippen LogP) is 4.90. The predicted molar refractivity (Wildman–Crippen MR) is 94.8 cm³/mol. The molecular formula is C17H14BrClN2. The number of hydrogen-bond donors (Lipinski definition) is 0. The monoisotopic (exact) mass is 360 g/mol. The molecule has 2 aromatic rings. The number of hydrogen-bond acceptors (Lipinski definition) is 2. The summed E-state index contributed by atoms with van der Waals surface area (Å²) in [5.74, 6) is 1.05. The molecule has 0 radical (unpaired) electrons. The summed E-state index contributed by atoms with van der Waals surface area (Å²) < 4.78 is 0. The van der Waals surface area contributed by atoms with Crippen molar-refractivity contribution in [3.05, 3.63) is 70.8 Å². The van der Waals surface area contributed by atoms with Gasteiger partial charge in [0.1, 0.15) is 5.84 Å². The topological polar surface area (TPSA) is 15.6 Å². The normalized spacial score (nSPS) is 18.6. The smallest absolute Gasteiger partial charge is 0.128 e. The lowest BCUT2D eigenvalue weighted by Crippen LogP contribution is -2.28. The summed E-state index contributed by atoms with van der Waals surface area (Å²) in [6.07, 6.45) is 4.23. The molecule has 0 amide bonds. The van der Waals surface area contributed by atoms with E-state index >= 15 is 0 Å². The summed E-state index contributed by atoms with van der Waals surface area (Å²) in [6, 6.07) is 16.6. The van der Waals surface area contributed by atoms with Crippen molar-refractivity contribution in [1.82, 2.24) is 0 Å². The van der Waals surface area contributed by atoms with Gasteiger partial charge in [-0.05, 0) is 41.5 Å². The van der Waals surface area contributed by atoms with Crippen molar-refractivity contribution in [2.45, 2.75) is 6.04 Å². The highest BCUT2D eigenvalue weighted by molar-refractivity contribution is 8.93. The molecule has 2 heterocycles. The number of rotatable bonds is 1. The van der Waals surface area contributed by atoms with Crippen molar-refractivity contribution in [3.8, 4) is 0 Å². The Kier molecular flexibility index (Phi) is 3.87. The van der Waals surface area contributed by atoms with Crippen LogP contribution in [0.15, 0.2) is 59.6 Å². The molecule has 0 aromatic heterocycles. The van der Waals surface area contributed by atoms with Crippen molar-refractivity contribution >= 4 is 46.2 Å². The molecule has 4 rings (SSSR count). The van der Waals surface area contributed by atoms with Crippen molar-refractivity contribution in [3.63, 3.8) is 0 Å². The first-order valence-electron chi connectivity index (χ1n) is 6.69. The van der Waals surface area contributed by atoms with E-state index in [1.54, 1.807) is 0 Å². The van der Waals surface area contributed by atoms with Crippen LogP contribution in [0.1, 0.15) is 17.2 Å². The number of para-hydroxylation sites is 1. The second-order valence-corrected chi connectivity index (χ2v) is 5.49. The van der Waals surface area contributed by atoms with Gasteiger partial charge in [0.25, 0.3) is 0 Å². The van der Waals surface area contributed by atoms with Crippen molar-refractivity contribution in [1.29, 1.82) is 0 Å². The second-order valence-electron chi connectivity index (χ2n) is 5.06. The van der Waals surface area contributed by atoms with Crippen molar-refractivity contribution in [2.75, 3.05) is 11.4 Å². The Hall–Kier alpha value is -1.58. The summed E-state index contributed by atoms with van der Waals surface area (Å²) in [5.41, 5.74) is 3.70. The minimum Gasteiger partial charge on any atom is -0.324 e. The Morgan fingerprint density at radius 3 is 2.57 bits per heavy atom. The lowest BCUT2D eigenvalue weighted by atomic mass is 10.1. The van der Waals surface area contributed by atoms with Crippen LogP contribution in [0.3, 0.4) is 0 Å². The molecule has 4 heteroatoms. The fourth-order valence-electron chi connectivity index (χ4n) is 2.79. The fourth-order valence-corrected chi connectivity index (χ4v) is 2.92. The molecule has 1 unspecified atom stereocenters. The Balaban J connectivity index is 0.00000132. The number of aliphatic imine (C=N–C) groups is 1. The first kappa shape index (κ1) is 14.4. The maximum absolute atomic E-state index is 5.95. The maximum Gasteiger partial charge on any atom is 0.128 e. The first-order valence-corrected chi connectivity index (χ1v) is 7.07. The number of benzene rings is 2. The molecule has 2 aliphatic heterocycles. The van der Waals surface area contributed by atoms with E-state index in [1.165, 1.54) is 16.8 Å². The summed E-state index contributed by atoms with van der Waals surface area (Å²) in [4.78, 5) is 7.11. The van der Waals surface area contributed by atoms with E-state index in [4.69, 9.17) is 16.6 Å². The molecule has 2 aliphatic rings. The van der Waals surface area contributed by atoms with Crippen LogP contribution < -0.4 is 4.90 Å². The fraction of sp³-hybridized carbons (Fsp3) is 0.118. The summed E-state index contributed by atoms with van der Waals surface area (Å²) in [6.45, 7) is 0.887. The Labute approximate surface area is 139 Å². The molecule has 21 heavy (non-hydrogen) atoms. The van der Waals surface area contributed by atoms with Gasteiger partial charge in [-0.1, -0.05) is 41.9 Å². The van der Waals surface area contributed by atoms with Crippen LogP contribution >= 0.6 is 28.6 Å². The zero-order valence-corrected chi connectivity index (χ0v) is 13.7. The average molecular weight is 362 g/mol. The standard InChI is InChI=1S/C17H13ClN2.BrH/c18-14-8-5-12(6-9-14)15-11-20-16-4-2-1-3-13(16)7-10-17(20)19-15;/h1-10,15H,11H2;1H. The third kappa shape index (κ3) is 2.52. The van der Waals surface area contributed by atoms with Gasteiger partial charge in [-0.2, -0.15) is 0 Å². The Morgan fingerprint density at radius 2 is 1.76 bits per heavy atom. The number of amidine groups is 1. The van der Waals surface area contributed by atoms with Crippen LogP contribution in [0.4, 0.5) is 5.69 Å².